The number of anilines is 4. The van der Waals surface area contributed by atoms with E-state index in [2.05, 4.69) is 49.8 Å². The topological polar surface area (TPSA) is 493 Å². The van der Waals surface area contributed by atoms with Crippen molar-refractivity contribution in [3.8, 4) is 5.75 Å². The Kier molecular flexibility index (Phi) is 17.7. The zero-order valence-electron chi connectivity index (χ0n) is 39.4. The van der Waals surface area contributed by atoms with E-state index < -0.39 is 111 Å². The summed E-state index contributed by atoms with van der Waals surface area (Å²) in [6, 6.07) is 27.0. The molecule has 0 bridgehead atoms. The number of nitrogens with one attached hydrogen (secondary N) is 1. The molecule has 7 rings (SSSR count). The molecule has 0 aliphatic carbocycles. The molecule has 30 nitrogen and oxygen atoms in total. The predicted octanol–water partition coefficient (Wildman–Crippen LogP) is 8.73. The normalized spacial score (nSPS) is 12.6. The number of azo groups is 4. The quantitative estimate of drug-likeness (QED) is 0.0131. The predicted molar refractivity (Wildman–Crippen MR) is 281 cm³/mol. The molecule has 78 heavy (non-hydrogen) atoms. The summed E-state index contributed by atoms with van der Waals surface area (Å²) < 4.78 is 155. The van der Waals surface area contributed by atoms with Crippen molar-refractivity contribution in [1.82, 2.24) is 0 Å². The smallest absolute Gasteiger partial charge is 0.397 e. The van der Waals surface area contributed by atoms with Gasteiger partial charge >= 0.3 is 10.4 Å². The highest BCUT2D eigenvalue weighted by Crippen LogP contribution is 2.48. The Morgan fingerprint density at radius 3 is 1.68 bits per heavy atom. The number of hydrogen-bond donors (Lipinski definition) is 8. The Hall–Kier alpha value is -8.81. The van der Waals surface area contributed by atoms with Gasteiger partial charge in [0.1, 0.15) is 26.9 Å². The summed E-state index contributed by atoms with van der Waals surface area (Å²) in [7, 11) is -21.5. The molecule has 0 unspecified atom stereocenters. The number of sulfone groups is 1. The van der Waals surface area contributed by atoms with Gasteiger partial charge in [0.25, 0.3) is 35.9 Å². The van der Waals surface area contributed by atoms with E-state index in [1.807, 2.05) is 0 Å². The number of aromatic hydroxyl groups is 1. The van der Waals surface area contributed by atoms with Crippen molar-refractivity contribution in [2.75, 3.05) is 41.3 Å². The molecule has 0 spiro atoms. The zero-order chi connectivity index (χ0) is 57.4. The van der Waals surface area contributed by atoms with E-state index in [1.54, 1.807) is 18.2 Å². The van der Waals surface area contributed by atoms with Crippen LogP contribution in [0.5, 0.6) is 5.75 Å². The van der Waals surface area contributed by atoms with Crippen LogP contribution in [-0.2, 0) is 54.7 Å². The molecular weight excluding hydrogens is 1130 g/mol. The number of nitrogen functional groups attached to an aromatic ring is 3. The van der Waals surface area contributed by atoms with Crippen molar-refractivity contribution in [3.63, 3.8) is 0 Å². The molecule has 0 atom stereocenters. The molecule has 0 fully saturated rings. The number of hydrogen-bond acceptors (Lipinski definition) is 25. The van der Waals surface area contributed by atoms with E-state index in [9.17, 15) is 66.4 Å². The number of benzene rings is 7. The zero-order valence-corrected chi connectivity index (χ0v) is 43.5. The van der Waals surface area contributed by atoms with Crippen LogP contribution in [0.25, 0.3) is 10.8 Å². The van der Waals surface area contributed by atoms with Crippen molar-refractivity contribution in [1.29, 1.82) is 0 Å². The molecule has 0 saturated heterocycles. The van der Waals surface area contributed by atoms with Crippen LogP contribution in [-0.4, -0.2) is 85.2 Å². The minimum atomic E-state index is -5.22. The van der Waals surface area contributed by atoms with Gasteiger partial charge in [-0.2, -0.15) is 50.8 Å². The van der Waals surface area contributed by atoms with Gasteiger partial charge in [-0.15, -0.1) is 15.3 Å². The number of phenolic OH excluding ortho intramolecular Hbond substituents is 1. The minimum absolute atomic E-state index is 0.0122. The van der Waals surface area contributed by atoms with Crippen molar-refractivity contribution in [2.45, 2.75) is 19.6 Å². The molecule has 7 aromatic carbocycles. The van der Waals surface area contributed by atoms with Gasteiger partial charge in [-0.1, -0.05) is 6.07 Å². The summed E-state index contributed by atoms with van der Waals surface area (Å²) in [6.07, 6.45) is 0. The van der Waals surface area contributed by atoms with Gasteiger partial charge in [0, 0.05) is 30.6 Å². The fourth-order valence-corrected chi connectivity index (χ4v) is 10.4. The maximum Gasteiger partial charge on any atom is 0.397 e. The van der Waals surface area contributed by atoms with Crippen LogP contribution in [0.1, 0.15) is 0 Å². The number of rotatable bonds is 18. The maximum atomic E-state index is 13.1. The Bertz CT molecular complexity index is 4170. The molecule has 7 aromatic rings. The third kappa shape index (κ3) is 15.2. The summed E-state index contributed by atoms with van der Waals surface area (Å²) in [5.74, 6) is -1.62. The molecule has 0 saturated carbocycles. The van der Waals surface area contributed by atoms with E-state index >= 15 is 0 Å². The number of nitrogens with zero attached hydrogens (tertiary/aromatic N) is 9. The van der Waals surface area contributed by atoms with Crippen molar-refractivity contribution >= 4 is 130 Å². The van der Waals surface area contributed by atoms with Gasteiger partial charge in [0.15, 0.2) is 15.6 Å². The van der Waals surface area contributed by atoms with Gasteiger partial charge in [0.05, 0.1) is 66.6 Å². The van der Waals surface area contributed by atoms with Gasteiger partial charge in [-0.3, -0.25) is 28.5 Å². The van der Waals surface area contributed by atoms with Crippen LogP contribution in [0.15, 0.2) is 188 Å². The second-order valence-electron chi connectivity index (χ2n) is 15.5. The summed E-state index contributed by atoms with van der Waals surface area (Å²) in [4.78, 5) is 8.02. The first-order chi connectivity index (χ1) is 36.5. The van der Waals surface area contributed by atoms with E-state index in [1.165, 1.54) is 79.8 Å². The van der Waals surface area contributed by atoms with E-state index in [4.69, 9.17) is 21.8 Å². The van der Waals surface area contributed by atoms with Crippen molar-refractivity contribution in [2.24, 2.45) is 40.9 Å². The highest BCUT2D eigenvalue weighted by atomic mass is 32.3. The third-order valence-electron chi connectivity index (χ3n) is 10.0. The molecular formula is C43H39N13O17S5. The molecule has 408 valence electrons. The molecule has 0 aromatic heterocycles. The largest absolute Gasteiger partial charge is 0.505 e. The third-order valence-corrected chi connectivity index (χ3v) is 15.3. The Morgan fingerprint density at radius 1 is 0.603 bits per heavy atom. The number of fused-ring (bicyclic) bond motifs is 1. The minimum Gasteiger partial charge on any atom is -0.505 e. The second kappa shape index (κ2) is 23.6. The number of phenols is 1. The Labute approximate surface area is 442 Å². The van der Waals surface area contributed by atoms with Gasteiger partial charge in [-0.05, 0) is 115 Å². The number of non-ortho nitro benzene ring substituents is 1. The summed E-state index contributed by atoms with van der Waals surface area (Å²) in [5, 5.41) is 51.9. The highest BCUT2D eigenvalue weighted by Gasteiger charge is 2.28. The van der Waals surface area contributed by atoms with Crippen LogP contribution < -0.4 is 21.9 Å². The standard InChI is InChI=1S/C34H27N11O11S3.C9H12N2O6S2/c35-19-1-14-27(26(36)17-19)41-38-20-2-4-23(5-3-20)44-57(49,50)25-12-8-22(9-13-25)40-43-33-29(59(54,55)56)16-18-15-28(58(51,52)53)32(31(37)30(18)34(33)46)42-39-21-6-10-24(11-7-21)45(47)48;1-10-11-8-3-2-4-9(7-8)18(12,13)6-5-17-19(14,15)16/h1-17,44,46H,35-37H2,(H,51,52,53)(H,54,55,56);2-4,7H,5-6H2,1H3,(H,14,15,16). The van der Waals surface area contributed by atoms with E-state index in [-0.39, 0.29) is 32.5 Å². The lowest BCUT2D eigenvalue weighted by Gasteiger charge is -2.14. The van der Waals surface area contributed by atoms with Gasteiger partial charge in [0.2, 0.25) is 0 Å². The molecule has 0 amide bonds. The van der Waals surface area contributed by atoms with Crippen LogP contribution >= 0.6 is 0 Å². The van der Waals surface area contributed by atoms with Crippen LogP contribution in [0.2, 0.25) is 0 Å². The average molecular weight is 1170 g/mol. The summed E-state index contributed by atoms with van der Waals surface area (Å²) in [6.45, 7) is -0.666. The first-order valence-corrected chi connectivity index (χ1v) is 28.5. The SMILES string of the molecule is CN=Nc1cccc(S(=O)(=O)CCOS(=O)(=O)O)c1.Nc1ccc(N=Nc2ccc(NS(=O)(=O)c3ccc(N=Nc4c(S(=O)(=O)O)cc5cc(S(=O)(=O)O)c(N=Nc6ccc([N+](=O)[O-])cc6)c(N)c5c4O)cc3)cc2)c(N)c1. The summed E-state index contributed by atoms with van der Waals surface area (Å²) >= 11 is 0. The molecule has 0 heterocycles. The number of nitrogens with two attached hydrogens (primary N) is 3. The van der Waals surface area contributed by atoms with Crippen LogP contribution in [0.4, 0.5) is 68.2 Å². The first-order valence-electron chi connectivity index (χ1n) is 21.1. The van der Waals surface area contributed by atoms with Crippen molar-refractivity contribution < 1.29 is 70.0 Å². The molecule has 0 aliphatic rings. The average Bonchev–Trinajstić information content (AvgIpc) is 3.47. The van der Waals surface area contributed by atoms with E-state index in [0.717, 1.165) is 24.3 Å². The highest BCUT2D eigenvalue weighted by molar-refractivity contribution is 7.92. The second-order valence-corrected chi connectivity index (χ2v) is 23.1. The Balaban J connectivity index is 0.000000438. The van der Waals surface area contributed by atoms with E-state index in [0.29, 0.717) is 40.6 Å². The lowest BCUT2D eigenvalue weighted by Crippen LogP contribution is -2.15. The number of nitro groups is 1. The summed E-state index contributed by atoms with van der Waals surface area (Å²) in [5.41, 5.74) is 17.3. The number of nitro benzene ring substituents is 1. The fourth-order valence-electron chi connectivity index (χ4n) is 6.46. The molecule has 35 heteroatoms. The monoisotopic (exact) mass is 1170 g/mol. The molecule has 11 N–H and O–H groups in total. The Morgan fingerprint density at radius 2 is 1.14 bits per heavy atom. The van der Waals surface area contributed by atoms with Crippen LogP contribution in [0.3, 0.4) is 0 Å². The van der Waals surface area contributed by atoms with Gasteiger partial charge in [-0.25, -0.2) is 21.0 Å². The fraction of sp³-hybridized carbons (Fsp3) is 0.0698. The lowest BCUT2D eigenvalue weighted by molar-refractivity contribution is -0.384. The van der Waals surface area contributed by atoms with Gasteiger partial charge < -0.3 is 22.3 Å². The number of sulfonamides is 1. The molecule has 0 radical (unpaired) electrons. The van der Waals surface area contributed by atoms with Crippen LogP contribution in [0, 0.1) is 10.1 Å². The maximum absolute atomic E-state index is 13.1. The molecule has 0 aliphatic heterocycles. The van der Waals surface area contributed by atoms with Crippen molar-refractivity contribution in [3.05, 3.63) is 138 Å². The first kappa shape index (κ1) is 58.5. The lowest BCUT2D eigenvalue weighted by atomic mass is 10.1.